The average Bonchev–Trinajstić information content (AvgIpc) is 2.42. The van der Waals surface area contributed by atoms with Gasteiger partial charge >= 0.3 is 6.18 Å². The number of rotatable bonds is 4. The molecule has 0 bridgehead atoms. The number of alkyl halides is 3. The van der Waals surface area contributed by atoms with E-state index in [0.29, 0.717) is 5.56 Å². The lowest BCUT2D eigenvalue weighted by Crippen LogP contribution is -2.42. The normalized spacial score (nSPS) is 13.3. The van der Waals surface area contributed by atoms with Gasteiger partial charge < -0.3 is 10.6 Å². The number of carbonyl (C=O) groups is 2. The van der Waals surface area contributed by atoms with Crippen LogP contribution in [0.1, 0.15) is 44.9 Å². The van der Waals surface area contributed by atoms with Crippen molar-refractivity contribution in [2.45, 2.75) is 39.9 Å². The van der Waals surface area contributed by atoms with Gasteiger partial charge in [-0.05, 0) is 24.6 Å². The number of benzene rings is 1. The molecule has 0 saturated heterocycles. The van der Waals surface area contributed by atoms with E-state index in [9.17, 15) is 22.8 Å². The Morgan fingerprint density at radius 2 is 1.78 bits per heavy atom. The molecule has 1 atom stereocenters. The van der Waals surface area contributed by atoms with Crippen molar-refractivity contribution in [3.8, 4) is 0 Å². The van der Waals surface area contributed by atoms with E-state index in [4.69, 9.17) is 0 Å². The molecular formula is C16H21F3N2O2. The second-order valence-corrected chi connectivity index (χ2v) is 6.35. The first-order valence-electron chi connectivity index (χ1n) is 7.16. The summed E-state index contributed by atoms with van der Waals surface area (Å²) in [5.74, 6) is -0.744. The Hall–Kier alpha value is -2.05. The molecule has 2 amide bonds. The minimum absolute atomic E-state index is 0.223. The molecule has 1 aromatic carbocycles. The van der Waals surface area contributed by atoms with Crippen LogP contribution in [-0.2, 0) is 15.8 Å². The van der Waals surface area contributed by atoms with Gasteiger partial charge in [0.15, 0.2) is 0 Å². The van der Waals surface area contributed by atoms with Crippen LogP contribution in [0, 0.1) is 5.41 Å². The highest BCUT2D eigenvalue weighted by molar-refractivity contribution is 5.87. The molecule has 4 nitrogen and oxygen atoms in total. The van der Waals surface area contributed by atoms with Crippen molar-refractivity contribution in [1.82, 2.24) is 10.6 Å². The monoisotopic (exact) mass is 330 g/mol. The molecule has 0 aliphatic carbocycles. The van der Waals surface area contributed by atoms with Gasteiger partial charge in [0.05, 0.1) is 18.2 Å². The summed E-state index contributed by atoms with van der Waals surface area (Å²) in [4.78, 5) is 23.5. The topological polar surface area (TPSA) is 58.2 Å². The molecule has 1 unspecified atom stereocenters. The first-order chi connectivity index (χ1) is 10.4. The minimum Gasteiger partial charge on any atom is -0.348 e. The van der Waals surface area contributed by atoms with Crippen LogP contribution >= 0.6 is 0 Å². The summed E-state index contributed by atoms with van der Waals surface area (Å²) in [6, 6.07) is 4.17. The molecule has 0 fully saturated rings. The lowest BCUT2D eigenvalue weighted by atomic mass is 9.96. The maximum absolute atomic E-state index is 12.7. The largest absolute Gasteiger partial charge is 0.416 e. The standard InChI is InChI=1S/C16H21F3N2O2/c1-10(11-6-5-7-12(8-11)16(17,18)19)21-13(22)9-20-14(23)15(2,3)4/h5-8,10H,9H2,1-4H3,(H,20,23)(H,21,22). The van der Waals surface area contributed by atoms with Crippen LogP contribution in [0.25, 0.3) is 0 Å². The molecule has 0 aliphatic heterocycles. The SMILES string of the molecule is CC(NC(=O)CNC(=O)C(C)(C)C)c1cccc(C(F)(F)F)c1. The van der Waals surface area contributed by atoms with E-state index in [1.54, 1.807) is 27.7 Å². The highest BCUT2D eigenvalue weighted by atomic mass is 19.4. The Morgan fingerprint density at radius 3 is 2.30 bits per heavy atom. The lowest BCUT2D eigenvalue weighted by molar-refractivity contribution is -0.137. The van der Waals surface area contributed by atoms with Gasteiger partial charge in [-0.15, -0.1) is 0 Å². The van der Waals surface area contributed by atoms with Gasteiger partial charge in [0, 0.05) is 5.41 Å². The number of halogens is 3. The highest BCUT2D eigenvalue weighted by Crippen LogP contribution is 2.30. The summed E-state index contributed by atoms with van der Waals surface area (Å²) < 4.78 is 38.0. The molecule has 0 aliphatic rings. The summed E-state index contributed by atoms with van der Waals surface area (Å²) in [5, 5.41) is 5.04. The van der Waals surface area contributed by atoms with Crippen molar-refractivity contribution in [3.05, 3.63) is 35.4 Å². The van der Waals surface area contributed by atoms with E-state index in [1.807, 2.05) is 0 Å². The molecule has 23 heavy (non-hydrogen) atoms. The molecule has 2 N–H and O–H groups in total. The predicted octanol–water partition coefficient (Wildman–Crippen LogP) is 3.04. The third-order valence-electron chi connectivity index (χ3n) is 3.18. The van der Waals surface area contributed by atoms with Gasteiger partial charge in [0.1, 0.15) is 0 Å². The summed E-state index contributed by atoms with van der Waals surface area (Å²) in [7, 11) is 0. The maximum atomic E-state index is 12.7. The summed E-state index contributed by atoms with van der Waals surface area (Å²) in [6.45, 7) is 6.50. The van der Waals surface area contributed by atoms with Crippen LogP contribution in [0.5, 0.6) is 0 Å². The van der Waals surface area contributed by atoms with Crippen molar-refractivity contribution < 1.29 is 22.8 Å². The van der Waals surface area contributed by atoms with E-state index in [-0.39, 0.29) is 12.5 Å². The van der Waals surface area contributed by atoms with E-state index >= 15 is 0 Å². The van der Waals surface area contributed by atoms with Gasteiger partial charge in [-0.25, -0.2) is 0 Å². The van der Waals surface area contributed by atoms with Crippen molar-refractivity contribution in [1.29, 1.82) is 0 Å². The fraction of sp³-hybridized carbons (Fsp3) is 0.500. The number of amides is 2. The first kappa shape index (κ1) is 19.0. The number of hydrogen-bond donors (Lipinski definition) is 2. The van der Waals surface area contributed by atoms with Crippen LogP contribution in [0.3, 0.4) is 0 Å². The van der Waals surface area contributed by atoms with Crippen molar-refractivity contribution >= 4 is 11.8 Å². The fourth-order valence-electron chi connectivity index (χ4n) is 1.79. The lowest BCUT2D eigenvalue weighted by Gasteiger charge is -2.19. The van der Waals surface area contributed by atoms with Gasteiger partial charge in [-0.2, -0.15) is 13.2 Å². The van der Waals surface area contributed by atoms with Crippen LogP contribution in [-0.4, -0.2) is 18.4 Å². The minimum atomic E-state index is -4.43. The van der Waals surface area contributed by atoms with Crippen molar-refractivity contribution in [2.75, 3.05) is 6.54 Å². The number of carbonyl (C=O) groups excluding carboxylic acids is 2. The van der Waals surface area contributed by atoms with Gasteiger partial charge in [0.2, 0.25) is 11.8 Å². The molecule has 1 aromatic rings. The zero-order chi connectivity index (χ0) is 17.8. The third kappa shape index (κ3) is 5.92. The first-order valence-corrected chi connectivity index (χ1v) is 7.16. The molecule has 0 saturated carbocycles. The summed E-state index contributed by atoms with van der Waals surface area (Å²) >= 11 is 0. The molecule has 0 radical (unpaired) electrons. The van der Waals surface area contributed by atoms with E-state index in [0.717, 1.165) is 12.1 Å². The molecule has 0 heterocycles. The Bertz CT molecular complexity index is 577. The van der Waals surface area contributed by atoms with Crippen LogP contribution in [0.4, 0.5) is 13.2 Å². The maximum Gasteiger partial charge on any atom is 0.416 e. The zero-order valence-electron chi connectivity index (χ0n) is 13.5. The summed E-state index contributed by atoms with van der Waals surface area (Å²) in [5.41, 5.74) is -1.04. The molecule has 128 valence electrons. The van der Waals surface area contributed by atoms with E-state index in [1.165, 1.54) is 12.1 Å². The van der Waals surface area contributed by atoms with E-state index in [2.05, 4.69) is 10.6 Å². The number of nitrogens with one attached hydrogen (secondary N) is 2. The van der Waals surface area contributed by atoms with Gasteiger partial charge in [0.25, 0.3) is 0 Å². The average molecular weight is 330 g/mol. The van der Waals surface area contributed by atoms with Crippen molar-refractivity contribution in [3.63, 3.8) is 0 Å². The second kappa shape index (κ2) is 7.02. The van der Waals surface area contributed by atoms with Crippen LogP contribution in [0.15, 0.2) is 24.3 Å². The van der Waals surface area contributed by atoms with Gasteiger partial charge in [-0.1, -0.05) is 32.9 Å². The predicted molar refractivity (Wildman–Crippen MR) is 80.5 cm³/mol. The molecule has 1 rings (SSSR count). The quantitative estimate of drug-likeness (QED) is 0.891. The molecule has 7 heteroatoms. The van der Waals surface area contributed by atoms with Gasteiger partial charge in [-0.3, -0.25) is 9.59 Å². The Kier molecular flexibility index (Phi) is 5.80. The van der Waals surface area contributed by atoms with E-state index < -0.39 is 29.1 Å². The molecule has 0 aromatic heterocycles. The Labute approximate surface area is 133 Å². The molecular weight excluding hydrogens is 309 g/mol. The molecule has 0 spiro atoms. The smallest absolute Gasteiger partial charge is 0.348 e. The Morgan fingerprint density at radius 1 is 1.17 bits per heavy atom. The Balaban J connectivity index is 2.64. The highest BCUT2D eigenvalue weighted by Gasteiger charge is 2.30. The second-order valence-electron chi connectivity index (χ2n) is 6.35. The summed E-state index contributed by atoms with van der Waals surface area (Å²) in [6.07, 6.45) is -4.43. The fourth-order valence-corrected chi connectivity index (χ4v) is 1.79. The third-order valence-corrected chi connectivity index (χ3v) is 3.18. The zero-order valence-corrected chi connectivity index (χ0v) is 13.5. The number of hydrogen-bond acceptors (Lipinski definition) is 2. The van der Waals surface area contributed by atoms with Crippen molar-refractivity contribution in [2.24, 2.45) is 5.41 Å². The van der Waals surface area contributed by atoms with Crippen LogP contribution in [0.2, 0.25) is 0 Å². The van der Waals surface area contributed by atoms with Crippen LogP contribution < -0.4 is 10.6 Å².